The van der Waals surface area contributed by atoms with E-state index in [9.17, 15) is 0 Å². The van der Waals surface area contributed by atoms with Gasteiger partial charge in [0.25, 0.3) is 0 Å². The standard InChI is InChI=1S/C14H28N2Si2.5CH4/c1-15-11-17(3,4)13-7-9-14(10-8-13)18(5,6)12-16-2;;;;;/h7-10,15-16H,11-12H2,1-6H3;5*1H4. The molecule has 0 unspecified atom stereocenters. The molecule has 0 aliphatic carbocycles. The van der Waals surface area contributed by atoms with Crippen molar-refractivity contribution in [3.8, 4) is 0 Å². The Bertz CT molecular complexity index is 336. The summed E-state index contributed by atoms with van der Waals surface area (Å²) in [5.41, 5.74) is 0. The summed E-state index contributed by atoms with van der Waals surface area (Å²) < 4.78 is 0. The number of hydrogen-bond acceptors (Lipinski definition) is 2. The maximum atomic E-state index is 3.33. The molecule has 0 aromatic heterocycles. The predicted molar refractivity (Wildman–Crippen MR) is 122 cm³/mol. The molecule has 0 saturated heterocycles. The van der Waals surface area contributed by atoms with Crippen molar-refractivity contribution in [2.75, 3.05) is 26.4 Å². The average Bonchev–Trinajstić information content (AvgIpc) is 2.29. The Morgan fingerprint density at radius 2 is 0.826 bits per heavy atom. The van der Waals surface area contributed by atoms with Crippen molar-refractivity contribution < 1.29 is 0 Å². The smallest absolute Gasteiger partial charge is 0.0945 e. The molecule has 23 heavy (non-hydrogen) atoms. The minimum absolute atomic E-state index is 0. The van der Waals surface area contributed by atoms with Crippen molar-refractivity contribution in [2.24, 2.45) is 0 Å². The first-order valence-corrected chi connectivity index (χ1v) is 13.1. The lowest BCUT2D eigenvalue weighted by atomic mass is 10.4. The molecule has 1 aromatic carbocycles. The Balaban J connectivity index is -0.000000216. The molecule has 0 aliphatic rings. The highest BCUT2D eigenvalue weighted by molar-refractivity contribution is 6.91. The zero-order valence-corrected chi connectivity index (χ0v) is 14.7. The van der Waals surface area contributed by atoms with Gasteiger partial charge >= 0.3 is 0 Å². The topological polar surface area (TPSA) is 24.1 Å². The van der Waals surface area contributed by atoms with E-state index in [4.69, 9.17) is 0 Å². The largest absolute Gasteiger partial charge is 0.322 e. The fourth-order valence-electron chi connectivity index (χ4n) is 2.46. The lowest BCUT2D eigenvalue weighted by Crippen LogP contribution is -2.52. The molecule has 4 heteroatoms. The van der Waals surface area contributed by atoms with Crippen LogP contribution in [0, 0.1) is 0 Å². The van der Waals surface area contributed by atoms with Gasteiger partial charge in [-0.3, -0.25) is 0 Å². The van der Waals surface area contributed by atoms with E-state index < -0.39 is 16.1 Å². The Morgan fingerprint density at radius 3 is 1.00 bits per heavy atom. The van der Waals surface area contributed by atoms with Gasteiger partial charge in [0.05, 0.1) is 16.1 Å². The molecule has 0 saturated carbocycles. The molecule has 0 atom stereocenters. The van der Waals surface area contributed by atoms with Gasteiger partial charge in [-0.25, -0.2) is 0 Å². The van der Waals surface area contributed by atoms with Crippen molar-refractivity contribution in [3.05, 3.63) is 24.3 Å². The van der Waals surface area contributed by atoms with Crippen LogP contribution in [0.5, 0.6) is 0 Å². The van der Waals surface area contributed by atoms with Crippen molar-refractivity contribution in [3.63, 3.8) is 0 Å². The Kier molecular flexibility index (Phi) is 20.7. The zero-order chi connectivity index (χ0) is 13.8. The third-order valence-corrected chi connectivity index (χ3v) is 9.95. The molecular weight excluding hydrogens is 312 g/mol. The fraction of sp³-hybridized carbons (Fsp3) is 0.684. The summed E-state index contributed by atoms with van der Waals surface area (Å²) in [4.78, 5) is 0. The molecule has 0 amide bonds. The first-order chi connectivity index (χ1) is 8.33. The lowest BCUT2D eigenvalue weighted by Gasteiger charge is -2.26. The SMILES string of the molecule is C.C.C.C.C.CNC[Si](C)(C)c1ccc([Si](C)(C)CNC)cc1. The van der Waals surface area contributed by atoms with E-state index in [-0.39, 0.29) is 37.1 Å². The van der Waals surface area contributed by atoms with Gasteiger partial charge < -0.3 is 10.6 Å². The second kappa shape index (κ2) is 14.0. The van der Waals surface area contributed by atoms with Gasteiger partial charge in [-0.15, -0.1) is 0 Å². The monoisotopic (exact) mass is 360 g/mol. The van der Waals surface area contributed by atoms with Crippen LogP contribution in [-0.4, -0.2) is 42.6 Å². The fourth-order valence-corrected chi connectivity index (χ4v) is 6.77. The van der Waals surface area contributed by atoms with E-state index >= 15 is 0 Å². The summed E-state index contributed by atoms with van der Waals surface area (Å²) in [6.07, 6.45) is 2.29. The Labute approximate surface area is 151 Å². The van der Waals surface area contributed by atoms with Crippen LogP contribution >= 0.6 is 0 Å². The molecule has 1 aromatic rings. The van der Waals surface area contributed by atoms with Crippen LogP contribution in [0.3, 0.4) is 0 Å². The summed E-state index contributed by atoms with van der Waals surface area (Å²) in [5, 5.41) is 9.77. The van der Waals surface area contributed by atoms with Crippen molar-refractivity contribution in [2.45, 2.75) is 63.3 Å². The Hall–Kier alpha value is -0.426. The minimum atomic E-state index is -1.29. The van der Waals surface area contributed by atoms with Crippen LogP contribution in [0.25, 0.3) is 0 Å². The summed E-state index contributed by atoms with van der Waals surface area (Å²) >= 11 is 0. The van der Waals surface area contributed by atoms with Gasteiger partial charge in [-0.2, -0.15) is 0 Å². The predicted octanol–water partition coefficient (Wildman–Crippen LogP) is 4.22. The number of rotatable bonds is 6. The molecule has 0 radical (unpaired) electrons. The summed E-state index contributed by atoms with van der Waals surface area (Å²) in [6, 6.07) is 9.46. The number of benzene rings is 1. The summed E-state index contributed by atoms with van der Waals surface area (Å²) in [6.45, 7) is 9.70. The first kappa shape index (κ1) is 34.0. The highest BCUT2D eigenvalue weighted by Crippen LogP contribution is 2.04. The normalized spacial score (nSPS) is 10.0. The molecule has 0 bridgehead atoms. The van der Waals surface area contributed by atoms with Gasteiger partial charge in [0, 0.05) is 0 Å². The van der Waals surface area contributed by atoms with Gasteiger partial charge in [0.2, 0.25) is 0 Å². The van der Waals surface area contributed by atoms with Gasteiger partial charge in [-0.05, 0) is 26.4 Å². The highest BCUT2D eigenvalue weighted by Gasteiger charge is 2.25. The second-order valence-corrected chi connectivity index (χ2v) is 15.8. The van der Waals surface area contributed by atoms with Crippen LogP contribution in [0.4, 0.5) is 0 Å². The van der Waals surface area contributed by atoms with Crippen LogP contribution < -0.4 is 21.0 Å². The van der Waals surface area contributed by atoms with E-state index in [1.165, 1.54) is 0 Å². The van der Waals surface area contributed by atoms with Crippen LogP contribution in [0.15, 0.2) is 24.3 Å². The van der Waals surface area contributed by atoms with E-state index in [1.807, 2.05) is 14.1 Å². The lowest BCUT2D eigenvalue weighted by molar-refractivity contribution is 0.949. The van der Waals surface area contributed by atoms with Gasteiger partial charge in [-0.1, -0.05) is 98.0 Å². The number of hydrogen-bond donors (Lipinski definition) is 2. The van der Waals surface area contributed by atoms with E-state index in [0.29, 0.717) is 0 Å². The van der Waals surface area contributed by atoms with Crippen LogP contribution in [0.2, 0.25) is 26.2 Å². The van der Waals surface area contributed by atoms with Crippen molar-refractivity contribution in [1.82, 2.24) is 10.6 Å². The third kappa shape index (κ3) is 9.45. The van der Waals surface area contributed by atoms with Gasteiger partial charge in [0.15, 0.2) is 0 Å². The summed E-state index contributed by atoms with van der Waals surface area (Å²) in [7, 11) is 1.51. The average molecular weight is 361 g/mol. The Morgan fingerprint density at radius 1 is 0.609 bits per heavy atom. The van der Waals surface area contributed by atoms with E-state index in [2.05, 4.69) is 61.1 Å². The molecule has 0 spiro atoms. The van der Waals surface area contributed by atoms with Crippen LogP contribution in [-0.2, 0) is 0 Å². The molecule has 0 aliphatic heterocycles. The van der Waals surface area contributed by atoms with Gasteiger partial charge in [0.1, 0.15) is 0 Å². The molecule has 2 nitrogen and oxygen atoms in total. The quantitative estimate of drug-likeness (QED) is 0.742. The molecule has 142 valence electrons. The molecule has 1 rings (SSSR count). The number of nitrogens with one attached hydrogen (secondary N) is 2. The van der Waals surface area contributed by atoms with Crippen molar-refractivity contribution in [1.29, 1.82) is 0 Å². The molecular formula is C19H48N2Si2. The zero-order valence-electron chi connectivity index (χ0n) is 12.7. The third-order valence-electron chi connectivity index (χ3n) is 3.69. The van der Waals surface area contributed by atoms with E-state index in [1.54, 1.807) is 10.4 Å². The first-order valence-electron chi connectivity index (χ1n) is 6.74. The maximum absolute atomic E-state index is 3.33. The minimum Gasteiger partial charge on any atom is -0.322 e. The molecule has 2 N–H and O–H groups in total. The molecule has 0 heterocycles. The highest BCUT2D eigenvalue weighted by atomic mass is 28.3. The summed E-state index contributed by atoms with van der Waals surface area (Å²) in [5.74, 6) is 0. The van der Waals surface area contributed by atoms with Crippen molar-refractivity contribution >= 4 is 26.5 Å². The second-order valence-electron chi connectivity index (χ2n) is 6.41. The van der Waals surface area contributed by atoms with Crippen LogP contribution in [0.1, 0.15) is 37.1 Å². The maximum Gasteiger partial charge on any atom is 0.0945 e. The molecule has 0 fully saturated rings. The van der Waals surface area contributed by atoms with E-state index in [0.717, 1.165) is 12.3 Å².